The van der Waals surface area contributed by atoms with Crippen molar-refractivity contribution in [3.8, 4) is 22.5 Å². The molecule has 0 aliphatic heterocycles. The molecule has 3 N–H and O–H groups in total. The van der Waals surface area contributed by atoms with Gasteiger partial charge < -0.3 is 20.2 Å². The predicted octanol–water partition coefficient (Wildman–Crippen LogP) is 5.03. The molecule has 1 amide bonds. The number of hydrogen-bond donors (Lipinski definition) is 3. The Morgan fingerprint density at radius 3 is 2.38 bits per heavy atom. The molecule has 2 heterocycles. The Kier molecular flexibility index (Phi) is 5.36. The van der Waals surface area contributed by atoms with E-state index in [4.69, 9.17) is 4.42 Å². The van der Waals surface area contributed by atoms with Crippen LogP contribution in [0.1, 0.15) is 31.7 Å². The van der Waals surface area contributed by atoms with Crippen molar-refractivity contribution < 1.29 is 14.3 Å². The fourth-order valence-electron chi connectivity index (χ4n) is 4.81. The summed E-state index contributed by atoms with van der Waals surface area (Å²) in [7, 11) is 1.72. The first-order chi connectivity index (χ1) is 16.5. The minimum Gasteiger partial charge on any atom is -0.465 e. The highest BCUT2D eigenvalue weighted by molar-refractivity contribution is 6.00. The van der Waals surface area contributed by atoms with Crippen LogP contribution < -0.4 is 16.2 Å². The van der Waals surface area contributed by atoms with Crippen LogP contribution in [0.2, 0.25) is 0 Å². The van der Waals surface area contributed by atoms with Crippen LogP contribution >= 0.6 is 0 Å². The Bertz CT molecular complexity index is 1420. The van der Waals surface area contributed by atoms with E-state index in [-0.39, 0.29) is 11.3 Å². The van der Waals surface area contributed by atoms with Gasteiger partial charge in [-0.25, -0.2) is 4.79 Å². The third-order valence-corrected chi connectivity index (χ3v) is 6.67. The van der Waals surface area contributed by atoms with E-state index in [1.165, 1.54) is 0 Å². The number of carbonyl (C=O) groups is 1. The summed E-state index contributed by atoms with van der Waals surface area (Å²) in [5.74, 6) is 1.00. The molecule has 1 fully saturated rings. The van der Waals surface area contributed by atoms with E-state index in [1.54, 1.807) is 11.6 Å². The minimum absolute atomic E-state index is 0.165. The summed E-state index contributed by atoms with van der Waals surface area (Å²) in [6.45, 7) is 2.37. The maximum atomic E-state index is 13.5. The number of anilines is 1. The maximum Gasteiger partial charge on any atom is 0.405 e. The molecule has 0 bridgehead atoms. The van der Waals surface area contributed by atoms with Gasteiger partial charge in [0, 0.05) is 24.7 Å². The Hall–Kier alpha value is -4.07. The van der Waals surface area contributed by atoms with Crippen molar-refractivity contribution >= 4 is 23.1 Å². The highest BCUT2D eigenvalue weighted by Crippen LogP contribution is 2.43. The van der Waals surface area contributed by atoms with E-state index in [1.807, 2.05) is 61.5 Å². The third-order valence-electron chi connectivity index (χ3n) is 6.67. The predicted molar refractivity (Wildman–Crippen MR) is 131 cm³/mol. The third kappa shape index (κ3) is 3.42. The van der Waals surface area contributed by atoms with Gasteiger partial charge in [0.05, 0.1) is 5.54 Å². The average molecular weight is 459 g/mol. The van der Waals surface area contributed by atoms with Gasteiger partial charge in [-0.05, 0) is 37.3 Å². The van der Waals surface area contributed by atoms with Gasteiger partial charge in [0.15, 0.2) is 0 Å². The van der Waals surface area contributed by atoms with Crippen LogP contribution in [-0.4, -0.2) is 27.8 Å². The number of rotatable bonds is 6. The Morgan fingerprint density at radius 2 is 1.82 bits per heavy atom. The molecule has 8 nitrogen and oxygen atoms in total. The van der Waals surface area contributed by atoms with Crippen LogP contribution in [0.25, 0.3) is 33.6 Å². The summed E-state index contributed by atoms with van der Waals surface area (Å²) in [4.78, 5) is 29.4. The van der Waals surface area contributed by atoms with E-state index in [9.17, 15) is 14.7 Å². The minimum atomic E-state index is -1.02. The molecule has 1 saturated carbocycles. The molecule has 2 aromatic heterocycles. The molecule has 5 rings (SSSR count). The first-order valence-electron chi connectivity index (χ1n) is 11.4. The van der Waals surface area contributed by atoms with E-state index in [2.05, 4.69) is 15.6 Å². The van der Waals surface area contributed by atoms with Crippen LogP contribution in [-0.2, 0) is 12.1 Å². The van der Waals surface area contributed by atoms with Gasteiger partial charge in [-0.2, -0.15) is 4.98 Å². The molecule has 2 aromatic carbocycles. The second-order valence-electron chi connectivity index (χ2n) is 8.53. The van der Waals surface area contributed by atoms with Crippen molar-refractivity contribution in [2.45, 2.75) is 38.3 Å². The lowest BCUT2D eigenvalue weighted by molar-refractivity contribution is 0.144. The molecule has 8 heteroatoms. The van der Waals surface area contributed by atoms with Crippen LogP contribution in [0.4, 0.5) is 10.7 Å². The highest BCUT2D eigenvalue weighted by atomic mass is 16.4. The summed E-state index contributed by atoms with van der Waals surface area (Å²) in [6.07, 6.45) is 1.50. The molecule has 0 radical (unpaired) electrons. The molecule has 0 atom stereocenters. The summed E-state index contributed by atoms with van der Waals surface area (Å²) in [5.41, 5.74) is 2.85. The zero-order chi connectivity index (χ0) is 23.9. The van der Waals surface area contributed by atoms with Crippen LogP contribution in [0.15, 0.2) is 63.8 Å². The molecule has 1 aliphatic rings. The van der Waals surface area contributed by atoms with Gasteiger partial charge in [0.1, 0.15) is 11.1 Å². The molecule has 0 saturated heterocycles. The Balaban J connectivity index is 1.70. The number of amides is 1. The number of fused-ring (bicyclic) bond motifs is 1. The molecule has 1 aliphatic carbocycles. The molecular weight excluding hydrogens is 432 g/mol. The van der Waals surface area contributed by atoms with E-state index in [0.29, 0.717) is 29.2 Å². The van der Waals surface area contributed by atoms with Crippen LogP contribution in [0, 0.1) is 0 Å². The van der Waals surface area contributed by atoms with Crippen molar-refractivity contribution in [1.29, 1.82) is 0 Å². The van der Waals surface area contributed by atoms with Crippen molar-refractivity contribution in [2.75, 3.05) is 12.4 Å². The van der Waals surface area contributed by atoms with Gasteiger partial charge in [-0.1, -0.05) is 54.6 Å². The smallest absolute Gasteiger partial charge is 0.405 e. The van der Waals surface area contributed by atoms with Gasteiger partial charge in [-0.15, -0.1) is 0 Å². The van der Waals surface area contributed by atoms with Gasteiger partial charge in [-0.3, -0.25) is 9.36 Å². The topological polar surface area (TPSA) is 109 Å². The second-order valence-corrected chi connectivity index (χ2v) is 8.53. The molecule has 4 aromatic rings. The monoisotopic (exact) mass is 458 g/mol. The highest BCUT2D eigenvalue weighted by Gasteiger charge is 2.40. The zero-order valence-corrected chi connectivity index (χ0v) is 19.1. The number of carboxylic acid groups (broad SMARTS) is 1. The van der Waals surface area contributed by atoms with Crippen LogP contribution in [0.3, 0.4) is 0 Å². The van der Waals surface area contributed by atoms with Crippen molar-refractivity contribution in [2.24, 2.45) is 0 Å². The normalized spacial score (nSPS) is 14.5. The summed E-state index contributed by atoms with van der Waals surface area (Å²) in [6, 6.07) is 17.4. The number of nitrogens with zero attached hydrogens (tertiary/aromatic N) is 2. The number of hydrogen-bond acceptors (Lipinski definition) is 5. The first kappa shape index (κ1) is 21.8. The lowest BCUT2D eigenvalue weighted by atomic mass is 9.72. The van der Waals surface area contributed by atoms with Gasteiger partial charge in [0.2, 0.25) is 11.7 Å². The fourth-order valence-corrected chi connectivity index (χ4v) is 4.81. The largest absolute Gasteiger partial charge is 0.465 e. The number of furan rings is 1. The lowest BCUT2D eigenvalue weighted by Gasteiger charge is -2.42. The first-order valence-corrected chi connectivity index (χ1v) is 11.4. The quantitative estimate of drug-likeness (QED) is 0.374. The summed E-state index contributed by atoms with van der Waals surface area (Å²) < 4.78 is 7.81. The Labute approximate surface area is 196 Å². The molecule has 0 spiro atoms. The lowest BCUT2D eigenvalue weighted by Crippen LogP contribution is -2.50. The van der Waals surface area contributed by atoms with Crippen molar-refractivity contribution in [1.82, 2.24) is 14.9 Å². The molecule has 0 unspecified atom stereocenters. The van der Waals surface area contributed by atoms with E-state index < -0.39 is 11.6 Å². The fraction of sp³-hybridized carbons (Fsp3) is 0.269. The zero-order valence-electron chi connectivity index (χ0n) is 19.1. The molecular formula is C26H26N4O4. The Morgan fingerprint density at radius 1 is 1.12 bits per heavy atom. The van der Waals surface area contributed by atoms with Gasteiger partial charge >= 0.3 is 6.09 Å². The number of benzene rings is 2. The van der Waals surface area contributed by atoms with Gasteiger partial charge in [0.25, 0.3) is 5.56 Å². The molecule has 174 valence electrons. The maximum absolute atomic E-state index is 13.5. The second kappa shape index (κ2) is 8.37. The number of aromatic nitrogens is 2. The van der Waals surface area contributed by atoms with Crippen molar-refractivity contribution in [3.05, 3.63) is 70.5 Å². The van der Waals surface area contributed by atoms with Crippen molar-refractivity contribution in [3.63, 3.8) is 0 Å². The summed E-state index contributed by atoms with van der Waals surface area (Å²) in [5, 5.41) is 15.4. The van der Waals surface area contributed by atoms with E-state index >= 15 is 0 Å². The van der Waals surface area contributed by atoms with Crippen LogP contribution in [0.5, 0.6) is 0 Å². The standard InChI is InChI=1S/C26H26N4O4/c1-3-30-23(31)20-19(16-8-5-4-6-9-16)21(34-22(20)28-24(30)27-2)17-10-12-18(13-11-17)26(14-7-15-26)29-25(32)33/h4-6,8-13,29H,3,7,14-15H2,1-2H3,(H,27,28)(H,32,33). The average Bonchev–Trinajstić information content (AvgIpc) is 3.21. The summed E-state index contributed by atoms with van der Waals surface area (Å²) >= 11 is 0. The van der Waals surface area contributed by atoms with E-state index in [0.717, 1.165) is 36.0 Å². The number of nitrogens with one attached hydrogen (secondary N) is 2. The SMILES string of the molecule is CCn1c(NC)nc2oc(-c3ccc(C4(NC(=O)O)CCC4)cc3)c(-c3ccccc3)c2c1=O. The molecule has 34 heavy (non-hydrogen) atoms.